The van der Waals surface area contributed by atoms with E-state index in [1.54, 1.807) is 19.3 Å². The molecule has 5 rings (SSSR count). The minimum atomic E-state index is -1.33. The lowest BCUT2D eigenvalue weighted by Crippen LogP contribution is -2.16. The van der Waals surface area contributed by atoms with Crippen LogP contribution in [0.3, 0.4) is 0 Å². The van der Waals surface area contributed by atoms with Crippen LogP contribution in [-0.4, -0.2) is 18.2 Å². The number of rotatable bonds is 7. The van der Waals surface area contributed by atoms with Gasteiger partial charge in [-0.15, -0.1) is 0 Å². The zero-order chi connectivity index (χ0) is 25.9. The molecule has 1 aliphatic heterocycles. The number of carboxylic acids is 1. The average Bonchev–Trinajstić information content (AvgIpc) is 3.26. The predicted octanol–water partition coefficient (Wildman–Crippen LogP) is 6.32. The van der Waals surface area contributed by atoms with E-state index in [0.29, 0.717) is 22.6 Å². The summed E-state index contributed by atoms with van der Waals surface area (Å²) in [5.41, 5.74) is 12.6. The lowest BCUT2D eigenvalue weighted by Gasteiger charge is -2.32. The second kappa shape index (κ2) is 10.3. The zero-order valence-corrected chi connectivity index (χ0v) is 20.3. The first-order chi connectivity index (χ1) is 18.0. The maximum Gasteiger partial charge on any atom is 0.328 e. The number of aliphatic carboxylic acids is 1. The molecule has 3 aromatic rings. The molecule has 6 nitrogen and oxygen atoms in total. The van der Waals surface area contributed by atoms with E-state index in [1.165, 1.54) is 0 Å². The molecule has 37 heavy (non-hydrogen) atoms. The highest BCUT2D eigenvalue weighted by Crippen LogP contribution is 2.47. The number of carboxylic acid groups (broad SMARTS) is 1. The van der Waals surface area contributed by atoms with Gasteiger partial charge in [-0.1, -0.05) is 36.8 Å². The van der Waals surface area contributed by atoms with E-state index in [-0.39, 0.29) is 5.92 Å². The fraction of sp³-hybridized carbons (Fsp3) is 0.200. The third kappa shape index (κ3) is 4.84. The van der Waals surface area contributed by atoms with Crippen LogP contribution in [0.5, 0.6) is 5.75 Å². The summed E-state index contributed by atoms with van der Waals surface area (Å²) >= 11 is 0. The number of hydrogen-bond donors (Lipinski definition) is 3. The van der Waals surface area contributed by atoms with Gasteiger partial charge in [-0.25, -0.2) is 14.6 Å². The van der Waals surface area contributed by atoms with E-state index in [2.05, 4.69) is 16.9 Å². The largest absolute Gasteiger partial charge is 0.497 e. The van der Waals surface area contributed by atoms with Crippen LogP contribution in [0.4, 0.5) is 10.1 Å². The van der Waals surface area contributed by atoms with Crippen molar-refractivity contribution in [2.24, 2.45) is 5.92 Å². The summed E-state index contributed by atoms with van der Waals surface area (Å²) in [6, 6.07) is 21.2. The molecule has 1 heterocycles. The van der Waals surface area contributed by atoms with Crippen molar-refractivity contribution in [2.45, 2.75) is 25.6 Å². The molecule has 0 amide bonds. The van der Waals surface area contributed by atoms with Gasteiger partial charge >= 0.3 is 5.97 Å². The molecule has 0 aromatic heterocycles. The molecular formula is C30H26FN3O3. The Morgan fingerprint density at radius 1 is 1.11 bits per heavy atom. The molecule has 3 aromatic carbocycles. The summed E-state index contributed by atoms with van der Waals surface area (Å²) in [5, 5.41) is 19.0. The third-order valence-electron chi connectivity index (χ3n) is 6.98. The monoisotopic (exact) mass is 495 g/mol. The van der Waals surface area contributed by atoms with Crippen molar-refractivity contribution in [3.63, 3.8) is 0 Å². The van der Waals surface area contributed by atoms with Crippen LogP contribution in [0.25, 0.3) is 17.2 Å². The summed E-state index contributed by atoms with van der Waals surface area (Å²) < 4.78 is 20.0. The predicted molar refractivity (Wildman–Crippen MR) is 141 cm³/mol. The van der Waals surface area contributed by atoms with Gasteiger partial charge in [-0.2, -0.15) is 5.26 Å². The van der Waals surface area contributed by atoms with Gasteiger partial charge in [0.15, 0.2) is 6.30 Å². The number of nitrogens with one attached hydrogen (secondary N) is 2. The summed E-state index contributed by atoms with van der Waals surface area (Å²) in [5.74, 6) is -0.159. The second-order valence-electron chi connectivity index (χ2n) is 9.17. The van der Waals surface area contributed by atoms with E-state index in [0.717, 1.165) is 58.7 Å². The molecule has 1 aliphatic carbocycles. The van der Waals surface area contributed by atoms with Gasteiger partial charge in [0.25, 0.3) is 0 Å². The van der Waals surface area contributed by atoms with Crippen LogP contribution in [-0.2, 0) is 4.79 Å². The van der Waals surface area contributed by atoms with Crippen molar-refractivity contribution < 1.29 is 19.0 Å². The standard InChI is InChI=1S/C30H26FN3O3/c1-37-23-11-12-24(22(15-23)17-32)29(19-3-2-4-19)28(20-8-5-18(6-9-20)7-14-27(35)36)21-10-13-26-25(16-21)30(31)34-33-26/h5-16,19,30,33-34H,2-4H2,1H3,(H,35,36)/b14-7+,29-28+. The molecule has 0 saturated heterocycles. The number of benzene rings is 3. The van der Waals surface area contributed by atoms with Crippen LogP contribution < -0.4 is 15.6 Å². The van der Waals surface area contributed by atoms with Gasteiger partial charge in [0.2, 0.25) is 0 Å². The number of hydrazine groups is 1. The number of nitriles is 1. The summed E-state index contributed by atoms with van der Waals surface area (Å²) in [4.78, 5) is 10.9. The Bertz CT molecular complexity index is 1450. The minimum Gasteiger partial charge on any atom is -0.497 e. The van der Waals surface area contributed by atoms with E-state index < -0.39 is 12.3 Å². The Hall–Kier alpha value is -4.41. The molecule has 1 fully saturated rings. The number of anilines is 1. The molecule has 7 heteroatoms. The SMILES string of the molecule is COc1ccc(/C(=C(\c2ccc(/C=C/C(=O)O)cc2)c2ccc3c(c2)C(F)NN3)C2CCC2)c(C#N)c1. The Balaban J connectivity index is 1.76. The van der Waals surface area contributed by atoms with Crippen LogP contribution in [0.15, 0.2) is 66.7 Å². The molecule has 1 unspecified atom stereocenters. The number of halogens is 1. The van der Waals surface area contributed by atoms with Gasteiger partial charge in [0.1, 0.15) is 5.75 Å². The second-order valence-corrected chi connectivity index (χ2v) is 9.17. The van der Waals surface area contributed by atoms with E-state index in [1.807, 2.05) is 54.6 Å². The molecule has 1 atom stereocenters. The number of methoxy groups -OCH3 is 1. The van der Waals surface area contributed by atoms with Crippen molar-refractivity contribution >= 4 is 28.9 Å². The summed E-state index contributed by atoms with van der Waals surface area (Å²) in [6.45, 7) is 0. The van der Waals surface area contributed by atoms with Crippen molar-refractivity contribution in [3.05, 3.63) is 100 Å². The Labute approximate surface area is 214 Å². The molecule has 186 valence electrons. The number of alkyl halides is 1. The number of fused-ring (bicyclic) bond motifs is 1. The molecule has 0 spiro atoms. The van der Waals surface area contributed by atoms with Crippen LogP contribution in [0.1, 0.15) is 58.9 Å². The Kier molecular flexibility index (Phi) is 6.76. The molecule has 3 N–H and O–H groups in total. The number of ether oxygens (including phenoxy) is 1. The Morgan fingerprint density at radius 3 is 2.51 bits per heavy atom. The highest BCUT2D eigenvalue weighted by Gasteiger charge is 2.30. The van der Waals surface area contributed by atoms with E-state index >= 15 is 0 Å². The van der Waals surface area contributed by atoms with Crippen molar-refractivity contribution in [2.75, 3.05) is 12.5 Å². The van der Waals surface area contributed by atoms with Gasteiger partial charge in [-0.3, -0.25) is 0 Å². The maximum absolute atomic E-state index is 14.6. The van der Waals surface area contributed by atoms with Crippen LogP contribution >= 0.6 is 0 Å². The van der Waals surface area contributed by atoms with Gasteiger partial charge < -0.3 is 15.3 Å². The van der Waals surface area contributed by atoms with Crippen molar-refractivity contribution in [1.29, 1.82) is 5.26 Å². The first-order valence-electron chi connectivity index (χ1n) is 12.1. The molecule has 0 radical (unpaired) electrons. The molecule has 2 aliphatic rings. The Morgan fingerprint density at radius 2 is 1.86 bits per heavy atom. The number of hydrogen-bond acceptors (Lipinski definition) is 5. The van der Waals surface area contributed by atoms with Crippen LogP contribution in [0.2, 0.25) is 0 Å². The minimum absolute atomic E-state index is 0.243. The molecule has 1 saturated carbocycles. The maximum atomic E-state index is 14.6. The quantitative estimate of drug-likeness (QED) is 0.202. The van der Waals surface area contributed by atoms with Crippen molar-refractivity contribution in [1.82, 2.24) is 5.43 Å². The van der Waals surface area contributed by atoms with E-state index in [4.69, 9.17) is 9.84 Å². The lowest BCUT2D eigenvalue weighted by atomic mass is 9.72. The number of nitrogens with zero attached hydrogens (tertiary/aromatic N) is 1. The van der Waals surface area contributed by atoms with Crippen LogP contribution in [0, 0.1) is 17.2 Å². The molecule has 0 bridgehead atoms. The zero-order valence-electron chi connectivity index (χ0n) is 20.3. The van der Waals surface area contributed by atoms with Gasteiger partial charge in [0.05, 0.1) is 24.4 Å². The van der Waals surface area contributed by atoms with Gasteiger partial charge in [-0.05, 0) is 88.6 Å². The lowest BCUT2D eigenvalue weighted by molar-refractivity contribution is -0.131. The third-order valence-corrected chi connectivity index (χ3v) is 6.98. The smallest absolute Gasteiger partial charge is 0.328 e. The first-order valence-corrected chi connectivity index (χ1v) is 12.1. The number of carbonyl (C=O) groups is 1. The highest BCUT2D eigenvalue weighted by molar-refractivity contribution is 6.01. The number of allylic oxidation sites excluding steroid dienone is 1. The summed E-state index contributed by atoms with van der Waals surface area (Å²) in [6.07, 6.45) is 4.40. The fourth-order valence-electron chi connectivity index (χ4n) is 4.90. The van der Waals surface area contributed by atoms with Gasteiger partial charge in [0, 0.05) is 11.6 Å². The normalized spacial score (nSPS) is 17.4. The van der Waals surface area contributed by atoms with E-state index in [9.17, 15) is 14.4 Å². The van der Waals surface area contributed by atoms with Crippen molar-refractivity contribution in [3.8, 4) is 11.8 Å². The average molecular weight is 496 g/mol. The first kappa shape index (κ1) is 24.3. The summed E-state index contributed by atoms with van der Waals surface area (Å²) in [7, 11) is 1.57. The fourth-order valence-corrected chi connectivity index (χ4v) is 4.90. The topological polar surface area (TPSA) is 94.4 Å². The highest BCUT2D eigenvalue weighted by atomic mass is 19.1. The molecular weight excluding hydrogens is 469 g/mol.